The second-order valence-corrected chi connectivity index (χ2v) is 4.19. The molecule has 0 bridgehead atoms. The minimum atomic E-state index is -0.220. The van der Waals surface area contributed by atoms with Gasteiger partial charge in [-0.25, -0.2) is 14.4 Å². The SMILES string of the molecule is CCNC(c1cc(C)cc(F)c1)c1ccncn1. The van der Waals surface area contributed by atoms with Crippen molar-refractivity contribution in [1.29, 1.82) is 0 Å². The van der Waals surface area contributed by atoms with Gasteiger partial charge >= 0.3 is 0 Å². The van der Waals surface area contributed by atoms with Crippen molar-refractivity contribution in [2.45, 2.75) is 19.9 Å². The van der Waals surface area contributed by atoms with Gasteiger partial charge in [0.15, 0.2) is 0 Å². The molecule has 94 valence electrons. The fraction of sp³-hybridized carbons (Fsp3) is 0.286. The summed E-state index contributed by atoms with van der Waals surface area (Å²) in [7, 11) is 0. The maximum Gasteiger partial charge on any atom is 0.123 e. The van der Waals surface area contributed by atoms with Gasteiger partial charge in [-0.3, -0.25) is 0 Å². The predicted molar refractivity (Wildman–Crippen MR) is 68.7 cm³/mol. The van der Waals surface area contributed by atoms with Crippen molar-refractivity contribution >= 4 is 0 Å². The number of nitrogens with one attached hydrogen (secondary N) is 1. The normalized spacial score (nSPS) is 12.4. The van der Waals surface area contributed by atoms with E-state index in [1.54, 1.807) is 12.3 Å². The lowest BCUT2D eigenvalue weighted by molar-refractivity contribution is 0.593. The van der Waals surface area contributed by atoms with Crippen LogP contribution in [0.2, 0.25) is 0 Å². The Morgan fingerprint density at radius 1 is 1.33 bits per heavy atom. The molecule has 1 aromatic heterocycles. The van der Waals surface area contributed by atoms with E-state index in [0.29, 0.717) is 0 Å². The van der Waals surface area contributed by atoms with Crippen molar-refractivity contribution in [3.05, 3.63) is 59.4 Å². The molecular weight excluding hydrogens is 229 g/mol. The summed E-state index contributed by atoms with van der Waals surface area (Å²) in [5, 5.41) is 3.31. The number of hydrogen-bond acceptors (Lipinski definition) is 3. The second-order valence-electron chi connectivity index (χ2n) is 4.19. The van der Waals surface area contributed by atoms with Crippen LogP contribution in [0.3, 0.4) is 0 Å². The molecule has 2 rings (SSSR count). The van der Waals surface area contributed by atoms with E-state index in [9.17, 15) is 4.39 Å². The Labute approximate surface area is 106 Å². The van der Waals surface area contributed by atoms with Gasteiger partial charge in [0, 0.05) is 6.20 Å². The molecule has 2 aromatic rings. The average molecular weight is 245 g/mol. The van der Waals surface area contributed by atoms with Crippen LogP contribution in [0.5, 0.6) is 0 Å². The van der Waals surface area contributed by atoms with Crippen molar-refractivity contribution in [3.63, 3.8) is 0 Å². The average Bonchev–Trinajstić information content (AvgIpc) is 2.36. The third-order valence-electron chi connectivity index (χ3n) is 2.71. The molecule has 3 nitrogen and oxygen atoms in total. The summed E-state index contributed by atoms with van der Waals surface area (Å²) in [6.07, 6.45) is 3.20. The lowest BCUT2D eigenvalue weighted by Crippen LogP contribution is -2.23. The largest absolute Gasteiger partial charge is 0.305 e. The number of rotatable bonds is 4. The topological polar surface area (TPSA) is 37.8 Å². The van der Waals surface area contributed by atoms with E-state index in [1.807, 2.05) is 26.0 Å². The molecular formula is C14H16FN3. The number of hydrogen-bond donors (Lipinski definition) is 1. The third-order valence-corrected chi connectivity index (χ3v) is 2.71. The molecule has 1 aromatic carbocycles. The molecule has 4 heteroatoms. The van der Waals surface area contributed by atoms with Crippen LogP contribution < -0.4 is 5.32 Å². The smallest absolute Gasteiger partial charge is 0.123 e. The number of halogens is 1. The molecule has 0 radical (unpaired) electrons. The summed E-state index contributed by atoms with van der Waals surface area (Å²) in [6, 6.07) is 6.77. The Balaban J connectivity index is 2.41. The molecule has 1 heterocycles. The van der Waals surface area contributed by atoms with Crippen LogP contribution in [0, 0.1) is 12.7 Å². The lowest BCUT2D eigenvalue weighted by atomic mass is 10.0. The van der Waals surface area contributed by atoms with Crippen molar-refractivity contribution < 1.29 is 4.39 Å². The summed E-state index contributed by atoms with van der Waals surface area (Å²) >= 11 is 0. The molecule has 0 aliphatic rings. The summed E-state index contributed by atoms with van der Waals surface area (Å²) in [4.78, 5) is 8.14. The fourth-order valence-corrected chi connectivity index (χ4v) is 2.00. The predicted octanol–water partition coefficient (Wildman–Crippen LogP) is 2.62. The zero-order chi connectivity index (χ0) is 13.0. The van der Waals surface area contributed by atoms with Gasteiger partial charge in [0.25, 0.3) is 0 Å². The van der Waals surface area contributed by atoms with Crippen molar-refractivity contribution in [1.82, 2.24) is 15.3 Å². The quantitative estimate of drug-likeness (QED) is 0.899. The summed E-state index contributed by atoms with van der Waals surface area (Å²) in [5.41, 5.74) is 2.63. The van der Waals surface area contributed by atoms with Gasteiger partial charge < -0.3 is 5.32 Å². The minimum Gasteiger partial charge on any atom is -0.305 e. The first-order chi connectivity index (χ1) is 8.70. The molecule has 1 unspecified atom stereocenters. The highest BCUT2D eigenvalue weighted by atomic mass is 19.1. The molecule has 0 fully saturated rings. The molecule has 1 atom stereocenters. The van der Waals surface area contributed by atoms with Gasteiger partial charge in [-0.2, -0.15) is 0 Å². The Morgan fingerprint density at radius 3 is 2.78 bits per heavy atom. The van der Waals surface area contributed by atoms with Gasteiger partial charge in [-0.15, -0.1) is 0 Å². The van der Waals surface area contributed by atoms with Gasteiger partial charge in [-0.1, -0.05) is 13.0 Å². The highest BCUT2D eigenvalue weighted by Crippen LogP contribution is 2.21. The molecule has 0 amide bonds. The monoisotopic (exact) mass is 245 g/mol. The van der Waals surface area contributed by atoms with Gasteiger partial charge in [0.2, 0.25) is 0 Å². The van der Waals surface area contributed by atoms with Crippen LogP contribution in [0.4, 0.5) is 4.39 Å². The number of nitrogens with zero attached hydrogens (tertiary/aromatic N) is 2. The van der Waals surface area contributed by atoms with E-state index < -0.39 is 0 Å². The molecule has 0 spiro atoms. The number of aromatic nitrogens is 2. The first-order valence-corrected chi connectivity index (χ1v) is 5.97. The number of benzene rings is 1. The highest BCUT2D eigenvalue weighted by molar-refractivity contribution is 5.31. The zero-order valence-corrected chi connectivity index (χ0v) is 10.5. The molecule has 0 aliphatic heterocycles. The Kier molecular flexibility index (Phi) is 3.99. The Morgan fingerprint density at radius 2 is 2.17 bits per heavy atom. The van der Waals surface area contributed by atoms with E-state index in [2.05, 4.69) is 15.3 Å². The van der Waals surface area contributed by atoms with Gasteiger partial charge in [-0.05, 0) is 42.8 Å². The van der Waals surface area contributed by atoms with E-state index in [1.165, 1.54) is 12.4 Å². The first-order valence-electron chi connectivity index (χ1n) is 5.97. The van der Waals surface area contributed by atoms with Gasteiger partial charge in [0.05, 0.1) is 11.7 Å². The molecule has 0 saturated heterocycles. The molecule has 0 saturated carbocycles. The van der Waals surface area contributed by atoms with Crippen LogP contribution in [0.1, 0.15) is 29.8 Å². The maximum absolute atomic E-state index is 13.5. The Hall–Kier alpha value is -1.81. The molecule has 0 aliphatic carbocycles. The zero-order valence-electron chi connectivity index (χ0n) is 10.5. The first kappa shape index (κ1) is 12.6. The van der Waals surface area contributed by atoms with Crippen LogP contribution >= 0.6 is 0 Å². The summed E-state index contributed by atoms with van der Waals surface area (Å²) in [6.45, 7) is 4.68. The minimum absolute atomic E-state index is 0.104. The van der Waals surface area contributed by atoms with E-state index in [4.69, 9.17) is 0 Å². The molecule has 1 N–H and O–H groups in total. The van der Waals surface area contributed by atoms with E-state index in [-0.39, 0.29) is 11.9 Å². The van der Waals surface area contributed by atoms with Crippen LogP contribution in [0.25, 0.3) is 0 Å². The van der Waals surface area contributed by atoms with Crippen LogP contribution in [-0.4, -0.2) is 16.5 Å². The fourth-order valence-electron chi connectivity index (χ4n) is 2.00. The van der Waals surface area contributed by atoms with E-state index >= 15 is 0 Å². The third kappa shape index (κ3) is 2.90. The maximum atomic E-state index is 13.5. The lowest BCUT2D eigenvalue weighted by Gasteiger charge is -2.18. The van der Waals surface area contributed by atoms with E-state index in [0.717, 1.165) is 23.4 Å². The standard InChI is InChI=1S/C14H16FN3/c1-3-17-14(13-4-5-16-9-18-13)11-6-10(2)7-12(15)8-11/h4-9,14,17H,3H2,1-2H3. The van der Waals surface area contributed by atoms with Crippen LogP contribution in [0.15, 0.2) is 36.8 Å². The summed E-state index contributed by atoms with van der Waals surface area (Å²) in [5.74, 6) is -0.220. The van der Waals surface area contributed by atoms with Gasteiger partial charge in [0.1, 0.15) is 12.1 Å². The second kappa shape index (κ2) is 5.69. The summed E-state index contributed by atoms with van der Waals surface area (Å²) < 4.78 is 13.5. The molecule has 18 heavy (non-hydrogen) atoms. The van der Waals surface area contributed by atoms with Crippen molar-refractivity contribution in [2.75, 3.05) is 6.54 Å². The highest BCUT2D eigenvalue weighted by Gasteiger charge is 2.15. The van der Waals surface area contributed by atoms with Crippen molar-refractivity contribution in [3.8, 4) is 0 Å². The Bertz CT molecular complexity index is 493. The van der Waals surface area contributed by atoms with Crippen molar-refractivity contribution in [2.24, 2.45) is 0 Å². The number of aryl methyl sites for hydroxylation is 1. The van der Waals surface area contributed by atoms with Crippen LogP contribution in [-0.2, 0) is 0 Å².